The fraction of sp³-hybridized carbons (Fsp3) is 0.545. The fourth-order valence-electron chi connectivity index (χ4n) is 1.55. The van der Waals surface area contributed by atoms with E-state index in [9.17, 15) is 4.39 Å². The molecule has 0 aromatic carbocycles. The van der Waals surface area contributed by atoms with Crippen molar-refractivity contribution in [3.05, 3.63) is 22.6 Å². The lowest BCUT2D eigenvalue weighted by Crippen LogP contribution is -2.42. The molecule has 0 radical (unpaired) electrons. The zero-order valence-electron chi connectivity index (χ0n) is 9.51. The smallest absolute Gasteiger partial charge is 0.166 e. The van der Waals surface area contributed by atoms with Crippen LogP contribution in [0.15, 0.2) is 16.7 Å². The van der Waals surface area contributed by atoms with Crippen LogP contribution in [0.5, 0.6) is 0 Å². The number of aromatic nitrogens is 1. The van der Waals surface area contributed by atoms with Crippen molar-refractivity contribution in [3.63, 3.8) is 0 Å². The van der Waals surface area contributed by atoms with Crippen LogP contribution in [0, 0.1) is 5.82 Å². The van der Waals surface area contributed by atoms with Crippen molar-refractivity contribution in [3.8, 4) is 0 Å². The van der Waals surface area contributed by atoms with E-state index in [2.05, 4.69) is 20.9 Å². The Kier molecular flexibility index (Phi) is 3.71. The van der Waals surface area contributed by atoms with E-state index in [-0.39, 0.29) is 11.4 Å². The van der Waals surface area contributed by atoms with Gasteiger partial charge < -0.3 is 4.90 Å². The predicted molar refractivity (Wildman–Crippen MR) is 64.7 cm³/mol. The highest BCUT2D eigenvalue weighted by Crippen LogP contribution is 2.25. The minimum atomic E-state index is -0.291. The van der Waals surface area contributed by atoms with Crippen molar-refractivity contribution in [2.45, 2.75) is 33.2 Å². The molecule has 0 saturated heterocycles. The average molecular weight is 275 g/mol. The van der Waals surface area contributed by atoms with Gasteiger partial charge in [0.15, 0.2) is 11.6 Å². The van der Waals surface area contributed by atoms with E-state index in [4.69, 9.17) is 0 Å². The molecule has 4 heteroatoms. The molecule has 0 aliphatic carbocycles. The van der Waals surface area contributed by atoms with Gasteiger partial charge in [-0.3, -0.25) is 0 Å². The summed E-state index contributed by atoms with van der Waals surface area (Å²) < 4.78 is 14.3. The summed E-state index contributed by atoms with van der Waals surface area (Å²) in [4.78, 5) is 6.06. The quantitative estimate of drug-likeness (QED) is 0.819. The third kappa shape index (κ3) is 2.91. The van der Waals surface area contributed by atoms with Crippen molar-refractivity contribution >= 4 is 21.7 Å². The van der Waals surface area contributed by atoms with E-state index in [1.807, 2.05) is 32.6 Å². The van der Waals surface area contributed by atoms with Crippen LogP contribution in [0.3, 0.4) is 0 Å². The minimum Gasteiger partial charge on any atom is -0.350 e. The van der Waals surface area contributed by atoms with E-state index in [0.29, 0.717) is 10.3 Å². The predicted octanol–water partition coefficient (Wildman–Crippen LogP) is 3.61. The van der Waals surface area contributed by atoms with Crippen LogP contribution in [0.1, 0.15) is 27.7 Å². The molecule has 0 saturated carbocycles. The molecular weight excluding hydrogens is 259 g/mol. The summed E-state index contributed by atoms with van der Waals surface area (Å²) in [6.45, 7) is 8.85. The van der Waals surface area contributed by atoms with E-state index in [1.165, 1.54) is 6.07 Å². The Balaban J connectivity index is 3.13. The first kappa shape index (κ1) is 12.4. The van der Waals surface area contributed by atoms with E-state index < -0.39 is 0 Å². The third-order valence-corrected chi connectivity index (χ3v) is 2.60. The monoisotopic (exact) mass is 274 g/mol. The second-order valence-electron chi connectivity index (χ2n) is 4.37. The highest BCUT2D eigenvalue weighted by atomic mass is 79.9. The summed E-state index contributed by atoms with van der Waals surface area (Å²) in [5.41, 5.74) is -0.129. The van der Waals surface area contributed by atoms with Gasteiger partial charge in [-0.2, -0.15) is 0 Å². The van der Waals surface area contributed by atoms with Gasteiger partial charge in [-0.1, -0.05) is 0 Å². The molecule has 84 valence electrons. The molecule has 0 atom stereocenters. The molecule has 1 rings (SSSR count). The third-order valence-electron chi connectivity index (χ3n) is 2.17. The maximum atomic E-state index is 13.7. The summed E-state index contributed by atoms with van der Waals surface area (Å²) in [5.74, 6) is 0.120. The Hall–Kier alpha value is -0.640. The minimum absolute atomic E-state index is 0.129. The first-order chi connectivity index (χ1) is 6.86. The molecule has 2 nitrogen and oxygen atoms in total. The van der Waals surface area contributed by atoms with Crippen molar-refractivity contribution in [2.75, 3.05) is 11.4 Å². The number of hydrogen-bond donors (Lipinski definition) is 0. The number of rotatable bonds is 2. The number of nitrogens with zero attached hydrogens (tertiary/aromatic N) is 2. The van der Waals surface area contributed by atoms with Crippen LogP contribution in [0.25, 0.3) is 0 Å². The van der Waals surface area contributed by atoms with Crippen LogP contribution in [-0.4, -0.2) is 17.1 Å². The van der Waals surface area contributed by atoms with Crippen molar-refractivity contribution in [1.29, 1.82) is 0 Å². The summed E-state index contributed by atoms with van der Waals surface area (Å²) in [6.07, 6.45) is 1.62. The molecule has 0 fully saturated rings. The molecule has 1 aromatic heterocycles. The number of anilines is 1. The summed E-state index contributed by atoms with van der Waals surface area (Å²) in [5, 5.41) is 0. The van der Waals surface area contributed by atoms with Gasteiger partial charge in [0, 0.05) is 22.8 Å². The topological polar surface area (TPSA) is 16.1 Å². The zero-order chi connectivity index (χ0) is 11.6. The lowest BCUT2D eigenvalue weighted by atomic mass is 10.1. The van der Waals surface area contributed by atoms with Crippen LogP contribution in [0.2, 0.25) is 0 Å². The Labute approximate surface area is 98.6 Å². The van der Waals surface area contributed by atoms with Gasteiger partial charge in [-0.25, -0.2) is 9.37 Å². The molecule has 0 bridgehead atoms. The van der Waals surface area contributed by atoms with Crippen LogP contribution < -0.4 is 4.90 Å². The largest absolute Gasteiger partial charge is 0.350 e. The molecule has 1 aromatic rings. The number of hydrogen-bond acceptors (Lipinski definition) is 2. The van der Waals surface area contributed by atoms with Crippen LogP contribution in [-0.2, 0) is 0 Å². The molecule has 15 heavy (non-hydrogen) atoms. The highest BCUT2D eigenvalue weighted by Gasteiger charge is 2.23. The van der Waals surface area contributed by atoms with Gasteiger partial charge >= 0.3 is 0 Å². The molecule has 0 N–H and O–H groups in total. The summed E-state index contributed by atoms with van der Waals surface area (Å²) in [7, 11) is 0. The van der Waals surface area contributed by atoms with Gasteiger partial charge in [0.25, 0.3) is 0 Å². The summed E-state index contributed by atoms with van der Waals surface area (Å²) >= 11 is 3.20. The molecule has 1 heterocycles. The molecule has 0 spiro atoms. The number of pyridine rings is 1. The van der Waals surface area contributed by atoms with Crippen molar-refractivity contribution in [2.24, 2.45) is 0 Å². The van der Waals surface area contributed by atoms with E-state index in [1.54, 1.807) is 6.20 Å². The Morgan fingerprint density at radius 2 is 2.07 bits per heavy atom. The average Bonchev–Trinajstić information content (AvgIpc) is 2.07. The Morgan fingerprint density at radius 1 is 1.47 bits per heavy atom. The first-order valence-corrected chi connectivity index (χ1v) is 5.74. The van der Waals surface area contributed by atoms with Crippen molar-refractivity contribution < 1.29 is 4.39 Å². The lowest BCUT2D eigenvalue weighted by Gasteiger charge is -2.35. The Bertz CT molecular complexity index is 347. The summed E-state index contributed by atoms with van der Waals surface area (Å²) in [6, 6.07) is 1.44. The normalized spacial score (nSPS) is 11.6. The van der Waals surface area contributed by atoms with Gasteiger partial charge in [-0.15, -0.1) is 0 Å². The standard InChI is InChI=1S/C11H16BrFN2/c1-5-15(11(2,3)4)10-9(13)6-8(12)7-14-10/h6-7H,5H2,1-4H3. The van der Waals surface area contributed by atoms with Gasteiger partial charge in [0.2, 0.25) is 0 Å². The van der Waals surface area contributed by atoms with Gasteiger partial charge in [-0.05, 0) is 49.7 Å². The molecule has 0 amide bonds. The number of halogens is 2. The van der Waals surface area contributed by atoms with Crippen LogP contribution >= 0.6 is 15.9 Å². The van der Waals surface area contributed by atoms with Crippen LogP contribution in [0.4, 0.5) is 10.2 Å². The van der Waals surface area contributed by atoms with Crippen molar-refractivity contribution in [1.82, 2.24) is 4.98 Å². The molecular formula is C11H16BrFN2. The maximum absolute atomic E-state index is 13.7. The van der Waals surface area contributed by atoms with Gasteiger partial charge in [0.05, 0.1) is 0 Å². The molecule has 0 aliphatic heterocycles. The fourth-order valence-corrected chi connectivity index (χ4v) is 1.85. The zero-order valence-corrected chi connectivity index (χ0v) is 11.1. The van der Waals surface area contributed by atoms with Gasteiger partial charge in [0.1, 0.15) is 0 Å². The first-order valence-electron chi connectivity index (χ1n) is 4.95. The second-order valence-corrected chi connectivity index (χ2v) is 5.29. The molecule has 0 aliphatic rings. The van der Waals surface area contributed by atoms with E-state index in [0.717, 1.165) is 6.54 Å². The van der Waals surface area contributed by atoms with E-state index >= 15 is 0 Å². The second kappa shape index (κ2) is 4.47. The lowest BCUT2D eigenvalue weighted by molar-refractivity contribution is 0.492. The molecule has 0 unspecified atom stereocenters. The Morgan fingerprint density at radius 3 is 2.47 bits per heavy atom. The highest BCUT2D eigenvalue weighted by molar-refractivity contribution is 9.10. The maximum Gasteiger partial charge on any atom is 0.166 e. The SMILES string of the molecule is CCN(c1ncc(Br)cc1F)C(C)(C)C.